The summed E-state index contributed by atoms with van der Waals surface area (Å²) in [5, 5.41) is 9.85. The van der Waals surface area contributed by atoms with Crippen molar-refractivity contribution >= 4 is 11.0 Å². The quantitative estimate of drug-likeness (QED) is 0.775. The van der Waals surface area contributed by atoms with Gasteiger partial charge in [-0.1, -0.05) is 13.0 Å². The van der Waals surface area contributed by atoms with E-state index in [4.69, 9.17) is 4.42 Å². The van der Waals surface area contributed by atoms with Crippen molar-refractivity contribution < 1.29 is 9.52 Å². The lowest BCUT2D eigenvalue weighted by molar-refractivity contribution is 0.477. The average molecular weight is 204 g/mol. The van der Waals surface area contributed by atoms with Crippen molar-refractivity contribution in [3.8, 4) is 5.75 Å². The van der Waals surface area contributed by atoms with Gasteiger partial charge in [-0.3, -0.25) is 4.79 Å². The van der Waals surface area contributed by atoms with Crippen molar-refractivity contribution in [2.24, 2.45) is 0 Å². The van der Waals surface area contributed by atoms with Crippen LogP contribution in [0.4, 0.5) is 0 Å². The Morgan fingerprint density at radius 3 is 2.80 bits per heavy atom. The third-order valence-electron chi connectivity index (χ3n) is 2.45. The van der Waals surface area contributed by atoms with E-state index in [0.29, 0.717) is 17.8 Å². The van der Waals surface area contributed by atoms with Crippen LogP contribution in [0.25, 0.3) is 11.0 Å². The number of aryl methyl sites for hydroxylation is 2. The number of hydrogen-bond donors (Lipinski definition) is 1. The van der Waals surface area contributed by atoms with Crippen LogP contribution >= 0.6 is 0 Å². The fraction of sp³-hybridized carbons (Fsp3) is 0.250. The first-order valence-electron chi connectivity index (χ1n) is 4.88. The SMILES string of the molecule is CCc1cc(=O)c2c(O)ccc(C)c2o1. The number of fused-ring (bicyclic) bond motifs is 1. The van der Waals surface area contributed by atoms with E-state index in [9.17, 15) is 9.90 Å². The number of phenolic OH excluding ortho intramolecular Hbond substituents is 1. The average Bonchev–Trinajstić information content (AvgIpc) is 2.23. The zero-order valence-electron chi connectivity index (χ0n) is 8.70. The minimum Gasteiger partial charge on any atom is -0.507 e. The number of hydrogen-bond acceptors (Lipinski definition) is 3. The van der Waals surface area contributed by atoms with Gasteiger partial charge in [-0.25, -0.2) is 0 Å². The van der Waals surface area contributed by atoms with E-state index >= 15 is 0 Å². The molecule has 0 fully saturated rings. The van der Waals surface area contributed by atoms with Gasteiger partial charge in [0.25, 0.3) is 0 Å². The van der Waals surface area contributed by atoms with E-state index in [1.807, 2.05) is 13.8 Å². The van der Waals surface area contributed by atoms with Crippen LogP contribution in [0.15, 0.2) is 27.4 Å². The highest BCUT2D eigenvalue weighted by Crippen LogP contribution is 2.25. The summed E-state index contributed by atoms with van der Waals surface area (Å²) >= 11 is 0. The molecule has 0 atom stereocenters. The molecule has 3 heteroatoms. The summed E-state index contributed by atoms with van der Waals surface area (Å²) in [4.78, 5) is 11.7. The normalized spacial score (nSPS) is 10.8. The minimum absolute atomic E-state index is 0.0213. The molecule has 0 saturated carbocycles. The first-order chi connectivity index (χ1) is 7.13. The molecule has 0 aliphatic rings. The molecule has 2 rings (SSSR count). The summed E-state index contributed by atoms with van der Waals surface area (Å²) in [6.07, 6.45) is 0.667. The van der Waals surface area contributed by atoms with Gasteiger partial charge < -0.3 is 9.52 Å². The van der Waals surface area contributed by atoms with Crippen LogP contribution in [-0.2, 0) is 6.42 Å². The molecule has 0 saturated heterocycles. The molecule has 0 aliphatic carbocycles. The van der Waals surface area contributed by atoms with Crippen LogP contribution in [0.3, 0.4) is 0 Å². The largest absolute Gasteiger partial charge is 0.507 e. The van der Waals surface area contributed by atoms with Gasteiger partial charge in [0.15, 0.2) is 5.43 Å². The fourth-order valence-corrected chi connectivity index (χ4v) is 1.60. The van der Waals surface area contributed by atoms with Crippen LogP contribution in [0.5, 0.6) is 5.75 Å². The molecule has 0 spiro atoms. The lowest BCUT2D eigenvalue weighted by atomic mass is 10.1. The van der Waals surface area contributed by atoms with E-state index in [0.717, 1.165) is 5.56 Å². The Morgan fingerprint density at radius 1 is 1.40 bits per heavy atom. The molecule has 0 bridgehead atoms. The molecule has 2 aromatic rings. The van der Waals surface area contributed by atoms with E-state index in [-0.39, 0.29) is 16.6 Å². The number of rotatable bonds is 1. The smallest absolute Gasteiger partial charge is 0.196 e. The van der Waals surface area contributed by atoms with Crippen molar-refractivity contribution in [2.75, 3.05) is 0 Å². The third-order valence-corrected chi connectivity index (χ3v) is 2.45. The van der Waals surface area contributed by atoms with Gasteiger partial charge in [0.2, 0.25) is 0 Å². The number of aromatic hydroxyl groups is 1. The van der Waals surface area contributed by atoms with E-state index in [1.54, 1.807) is 6.07 Å². The Hall–Kier alpha value is -1.77. The minimum atomic E-state index is -0.186. The Bertz CT molecular complexity index is 567. The van der Waals surface area contributed by atoms with Crippen molar-refractivity contribution in [1.29, 1.82) is 0 Å². The Kier molecular flexibility index (Phi) is 2.23. The van der Waals surface area contributed by atoms with Crippen molar-refractivity contribution in [3.05, 3.63) is 39.7 Å². The fourth-order valence-electron chi connectivity index (χ4n) is 1.60. The molecule has 0 aliphatic heterocycles. The second-order valence-electron chi connectivity index (χ2n) is 3.54. The highest BCUT2D eigenvalue weighted by Gasteiger charge is 2.10. The monoisotopic (exact) mass is 204 g/mol. The Morgan fingerprint density at radius 2 is 2.13 bits per heavy atom. The third kappa shape index (κ3) is 1.50. The summed E-state index contributed by atoms with van der Waals surface area (Å²) in [6.45, 7) is 3.77. The van der Waals surface area contributed by atoms with Crippen molar-refractivity contribution in [2.45, 2.75) is 20.3 Å². The maximum Gasteiger partial charge on any atom is 0.196 e. The van der Waals surface area contributed by atoms with E-state index in [2.05, 4.69) is 0 Å². The topological polar surface area (TPSA) is 50.4 Å². The maximum atomic E-state index is 11.7. The molecule has 0 radical (unpaired) electrons. The first kappa shape index (κ1) is 9.77. The van der Waals surface area contributed by atoms with Crippen molar-refractivity contribution in [1.82, 2.24) is 0 Å². The second kappa shape index (κ2) is 3.42. The standard InChI is InChI=1S/C12H12O3/c1-3-8-6-10(14)11-9(13)5-4-7(2)12(11)15-8/h4-6,13H,3H2,1-2H3. The zero-order chi connectivity index (χ0) is 11.0. The highest BCUT2D eigenvalue weighted by molar-refractivity contribution is 5.85. The molecule has 0 unspecified atom stereocenters. The molecular weight excluding hydrogens is 192 g/mol. The lowest BCUT2D eigenvalue weighted by Crippen LogP contribution is -2.02. The van der Waals surface area contributed by atoms with Gasteiger partial charge in [0, 0.05) is 12.5 Å². The molecule has 1 heterocycles. The summed E-state index contributed by atoms with van der Waals surface area (Å²) in [7, 11) is 0. The second-order valence-corrected chi connectivity index (χ2v) is 3.54. The molecule has 3 nitrogen and oxygen atoms in total. The van der Waals surface area contributed by atoms with Crippen LogP contribution in [0, 0.1) is 6.92 Å². The number of benzene rings is 1. The van der Waals surface area contributed by atoms with E-state index < -0.39 is 0 Å². The zero-order valence-corrected chi connectivity index (χ0v) is 8.70. The van der Waals surface area contributed by atoms with Crippen LogP contribution in [-0.4, -0.2) is 5.11 Å². The molecule has 78 valence electrons. The molecule has 1 N–H and O–H groups in total. The van der Waals surface area contributed by atoms with Gasteiger partial charge in [-0.2, -0.15) is 0 Å². The lowest BCUT2D eigenvalue weighted by Gasteiger charge is -2.04. The summed E-state index contributed by atoms with van der Waals surface area (Å²) in [5.41, 5.74) is 1.16. The summed E-state index contributed by atoms with van der Waals surface area (Å²) < 4.78 is 5.54. The predicted molar refractivity (Wildman–Crippen MR) is 58.3 cm³/mol. The predicted octanol–water partition coefficient (Wildman–Crippen LogP) is 2.37. The molecule has 0 amide bonds. The molecule has 15 heavy (non-hydrogen) atoms. The van der Waals surface area contributed by atoms with Crippen LogP contribution < -0.4 is 5.43 Å². The first-order valence-corrected chi connectivity index (χ1v) is 4.88. The van der Waals surface area contributed by atoms with Crippen LogP contribution in [0.2, 0.25) is 0 Å². The van der Waals surface area contributed by atoms with Crippen molar-refractivity contribution in [3.63, 3.8) is 0 Å². The Balaban J connectivity index is 2.97. The van der Waals surface area contributed by atoms with Gasteiger partial charge in [-0.15, -0.1) is 0 Å². The molecule has 1 aromatic heterocycles. The Labute approximate surface area is 87.0 Å². The highest BCUT2D eigenvalue weighted by atomic mass is 16.3. The summed E-state index contributed by atoms with van der Waals surface area (Å²) in [6, 6.07) is 4.68. The van der Waals surface area contributed by atoms with Gasteiger partial charge in [-0.05, 0) is 18.6 Å². The number of phenols is 1. The van der Waals surface area contributed by atoms with E-state index in [1.165, 1.54) is 12.1 Å². The summed E-state index contributed by atoms with van der Waals surface area (Å²) in [5.74, 6) is 0.619. The van der Waals surface area contributed by atoms with Gasteiger partial charge in [0.05, 0.1) is 0 Å². The molecular formula is C12H12O3. The van der Waals surface area contributed by atoms with Gasteiger partial charge >= 0.3 is 0 Å². The van der Waals surface area contributed by atoms with Crippen LogP contribution in [0.1, 0.15) is 18.2 Å². The molecule has 1 aromatic carbocycles. The maximum absolute atomic E-state index is 11.7. The van der Waals surface area contributed by atoms with Gasteiger partial charge in [0.1, 0.15) is 22.5 Å².